The minimum Gasteiger partial charge on any atom is -0.479 e. The van der Waals surface area contributed by atoms with Gasteiger partial charge in [-0.15, -0.1) is 11.3 Å². The van der Waals surface area contributed by atoms with E-state index in [9.17, 15) is 25.2 Å². The van der Waals surface area contributed by atoms with E-state index < -0.39 is 29.7 Å². The fourth-order valence-corrected chi connectivity index (χ4v) is 4.64. The first kappa shape index (κ1) is 17.4. The Balaban J connectivity index is 1.63. The Morgan fingerprint density at radius 1 is 1.25 bits per heavy atom. The van der Waals surface area contributed by atoms with E-state index in [0.717, 1.165) is 12.8 Å². The summed E-state index contributed by atoms with van der Waals surface area (Å²) in [6.07, 6.45) is -0.367. The van der Waals surface area contributed by atoms with Gasteiger partial charge >= 0.3 is 5.97 Å². The molecule has 130 valence electrons. The van der Waals surface area contributed by atoms with Gasteiger partial charge in [-0.3, -0.25) is 0 Å². The van der Waals surface area contributed by atoms with Crippen molar-refractivity contribution in [2.24, 2.45) is 5.92 Å². The van der Waals surface area contributed by atoms with E-state index in [1.807, 2.05) is 12.1 Å². The van der Waals surface area contributed by atoms with Gasteiger partial charge in [0.15, 0.2) is 5.60 Å². The lowest BCUT2D eigenvalue weighted by molar-refractivity contribution is -0.179. The van der Waals surface area contributed by atoms with E-state index >= 15 is 0 Å². The number of thiophene rings is 1. The molecule has 0 radical (unpaired) electrons. The van der Waals surface area contributed by atoms with Crippen LogP contribution in [0.1, 0.15) is 31.2 Å². The number of fused-ring (bicyclic) bond motifs is 1. The Morgan fingerprint density at radius 2 is 2.00 bits per heavy atom. The molecular weight excluding hydrogens is 328 g/mol. The summed E-state index contributed by atoms with van der Waals surface area (Å²) in [5, 5.41) is 42.7. The van der Waals surface area contributed by atoms with Gasteiger partial charge < -0.3 is 20.4 Å². The van der Waals surface area contributed by atoms with Gasteiger partial charge in [0.2, 0.25) is 0 Å². The van der Waals surface area contributed by atoms with Gasteiger partial charge in [0, 0.05) is 11.1 Å². The molecule has 1 aromatic carbocycles. The molecule has 0 saturated heterocycles. The quantitative estimate of drug-likeness (QED) is 0.662. The maximum atomic E-state index is 11.2. The summed E-state index contributed by atoms with van der Waals surface area (Å²) in [4.78, 5) is 11.2. The van der Waals surface area contributed by atoms with Crippen LogP contribution in [0.3, 0.4) is 0 Å². The van der Waals surface area contributed by atoms with Gasteiger partial charge in [-0.05, 0) is 54.0 Å². The Hall–Kier alpha value is -1.47. The maximum Gasteiger partial charge on any atom is 0.335 e. The summed E-state index contributed by atoms with van der Waals surface area (Å²) in [7, 11) is 0. The monoisotopic (exact) mass is 350 g/mol. The van der Waals surface area contributed by atoms with Crippen LogP contribution in [-0.2, 0) is 11.2 Å². The summed E-state index contributed by atoms with van der Waals surface area (Å²) >= 11 is 1.70. The number of benzene rings is 1. The fraction of sp³-hybridized carbons (Fsp3) is 0.500. The average molecular weight is 350 g/mol. The highest BCUT2D eigenvalue weighted by atomic mass is 32.1. The van der Waals surface area contributed by atoms with Gasteiger partial charge in [-0.25, -0.2) is 4.79 Å². The number of carboxylic acid groups (broad SMARTS) is 1. The second kappa shape index (κ2) is 6.80. The molecule has 0 spiro atoms. The third-order valence-corrected chi connectivity index (χ3v) is 6.02. The highest BCUT2D eigenvalue weighted by Crippen LogP contribution is 2.36. The molecule has 24 heavy (non-hydrogen) atoms. The minimum atomic E-state index is -1.95. The molecule has 1 heterocycles. The van der Waals surface area contributed by atoms with Crippen molar-refractivity contribution in [2.75, 3.05) is 0 Å². The van der Waals surface area contributed by atoms with E-state index in [-0.39, 0.29) is 12.8 Å². The van der Waals surface area contributed by atoms with Crippen LogP contribution in [0.4, 0.5) is 0 Å². The molecule has 2 aromatic rings. The van der Waals surface area contributed by atoms with Gasteiger partial charge in [0.1, 0.15) is 0 Å². The third-order valence-electron chi connectivity index (χ3n) is 5.00. The summed E-state index contributed by atoms with van der Waals surface area (Å²) in [5.74, 6) is -1.75. The molecule has 1 aliphatic carbocycles. The molecule has 0 amide bonds. The van der Waals surface area contributed by atoms with Crippen LogP contribution < -0.4 is 0 Å². The molecule has 3 rings (SSSR count). The Labute approximate surface area is 144 Å². The topological polar surface area (TPSA) is 98.0 Å². The van der Waals surface area contributed by atoms with E-state index in [4.69, 9.17) is 0 Å². The lowest BCUT2D eigenvalue weighted by Crippen LogP contribution is -2.53. The van der Waals surface area contributed by atoms with Crippen LogP contribution in [-0.4, -0.2) is 44.2 Å². The van der Waals surface area contributed by atoms with Crippen molar-refractivity contribution in [3.05, 3.63) is 35.2 Å². The zero-order valence-electron chi connectivity index (χ0n) is 13.3. The number of rotatable bonds is 5. The van der Waals surface area contributed by atoms with Crippen molar-refractivity contribution < 1.29 is 25.2 Å². The van der Waals surface area contributed by atoms with Crippen molar-refractivity contribution in [1.82, 2.24) is 0 Å². The molecule has 4 N–H and O–H groups in total. The van der Waals surface area contributed by atoms with Crippen LogP contribution >= 0.6 is 11.3 Å². The molecule has 1 fully saturated rings. The SMILES string of the molecule is O=C(O)[C@]1(O)CC(CCCc2csc3ccccc23)[C@@H](O)[C@H](O)C1. The largest absolute Gasteiger partial charge is 0.479 e. The van der Waals surface area contributed by atoms with Crippen LogP contribution in [0.15, 0.2) is 29.6 Å². The second-order valence-electron chi connectivity index (χ2n) is 6.71. The van der Waals surface area contributed by atoms with Gasteiger partial charge in [0.25, 0.3) is 0 Å². The van der Waals surface area contributed by atoms with Gasteiger partial charge in [0.05, 0.1) is 12.2 Å². The molecule has 4 atom stereocenters. The predicted octanol–water partition coefficient (Wildman–Crippen LogP) is 2.17. The van der Waals surface area contributed by atoms with E-state index in [2.05, 4.69) is 17.5 Å². The number of carboxylic acids is 1. The molecule has 0 bridgehead atoms. The first-order chi connectivity index (χ1) is 11.4. The Morgan fingerprint density at radius 3 is 2.75 bits per heavy atom. The maximum absolute atomic E-state index is 11.2. The smallest absolute Gasteiger partial charge is 0.335 e. The molecular formula is C18H22O5S. The minimum absolute atomic E-state index is 0.0229. The normalized spacial score (nSPS) is 30.5. The highest BCUT2D eigenvalue weighted by molar-refractivity contribution is 7.17. The second-order valence-corrected chi connectivity index (χ2v) is 7.62. The number of aliphatic carboxylic acids is 1. The number of hydrogen-bond acceptors (Lipinski definition) is 5. The predicted molar refractivity (Wildman–Crippen MR) is 92.1 cm³/mol. The number of aliphatic hydroxyl groups excluding tert-OH is 2. The molecule has 5 nitrogen and oxygen atoms in total. The fourth-order valence-electron chi connectivity index (χ4n) is 3.65. The number of hydrogen-bond donors (Lipinski definition) is 4. The van der Waals surface area contributed by atoms with Crippen molar-refractivity contribution >= 4 is 27.4 Å². The Kier molecular flexibility index (Phi) is 4.92. The van der Waals surface area contributed by atoms with Crippen molar-refractivity contribution in [3.8, 4) is 0 Å². The summed E-state index contributed by atoms with van der Waals surface area (Å²) in [6, 6.07) is 8.18. The lowest BCUT2D eigenvalue weighted by atomic mass is 9.73. The third kappa shape index (κ3) is 3.32. The van der Waals surface area contributed by atoms with Gasteiger partial charge in [-0.2, -0.15) is 0 Å². The first-order valence-electron chi connectivity index (χ1n) is 8.18. The Bertz CT molecular complexity index is 727. The number of aliphatic hydroxyl groups is 3. The summed E-state index contributed by atoms with van der Waals surface area (Å²) < 4.78 is 1.24. The van der Waals surface area contributed by atoms with Gasteiger partial charge in [-0.1, -0.05) is 18.2 Å². The molecule has 1 unspecified atom stereocenters. The van der Waals surface area contributed by atoms with Crippen molar-refractivity contribution in [1.29, 1.82) is 0 Å². The van der Waals surface area contributed by atoms with Crippen LogP contribution in [0.5, 0.6) is 0 Å². The van der Waals surface area contributed by atoms with E-state index in [0.29, 0.717) is 6.42 Å². The highest BCUT2D eigenvalue weighted by Gasteiger charge is 2.48. The molecule has 1 aliphatic rings. The molecule has 0 aliphatic heterocycles. The lowest BCUT2D eigenvalue weighted by Gasteiger charge is -2.40. The molecule has 1 saturated carbocycles. The zero-order valence-corrected chi connectivity index (χ0v) is 14.1. The van der Waals surface area contributed by atoms with Crippen LogP contribution in [0.25, 0.3) is 10.1 Å². The summed E-state index contributed by atoms with van der Waals surface area (Å²) in [5.41, 5.74) is -0.701. The van der Waals surface area contributed by atoms with E-state index in [1.54, 1.807) is 11.3 Å². The van der Waals surface area contributed by atoms with Crippen LogP contribution in [0, 0.1) is 5.92 Å². The molecule has 1 aromatic heterocycles. The standard InChI is InChI=1S/C18H22O5S/c19-14-9-18(23,17(21)22)8-11(16(14)20)4-3-5-12-10-24-15-7-2-1-6-13(12)15/h1-2,6-7,10-11,14,16,19-20,23H,3-5,8-9H2,(H,21,22)/t11?,14-,16-,18+/m1/s1. The molecule has 6 heteroatoms. The first-order valence-corrected chi connectivity index (χ1v) is 9.06. The zero-order chi connectivity index (χ0) is 17.3. The van der Waals surface area contributed by atoms with Crippen LogP contribution in [0.2, 0.25) is 0 Å². The van der Waals surface area contributed by atoms with Crippen molar-refractivity contribution in [2.45, 2.75) is 49.9 Å². The number of aryl methyl sites for hydroxylation is 1. The van der Waals surface area contributed by atoms with Crippen molar-refractivity contribution in [3.63, 3.8) is 0 Å². The van der Waals surface area contributed by atoms with E-state index in [1.165, 1.54) is 15.6 Å². The summed E-state index contributed by atoms with van der Waals surface area (Å²) in [6.45, 7) is 0. The average Bonchev–Trinajstić information content (AvgIpc) is 2.95. The number of carbonyl (C=O) groups is 1.